The van der Waals surface area contributed by atoms with Crippen LogP contribution >= 0.6 is 0 Å². The molecular weight excluding hydrogens is 432 g/mol. The van der Waals surface area contributed by atoms with Gasteiger partial charge in [-0.25, -0.2) is 0 Å². The highest BCUT2D eigenvalue weighted by atomic mass is 32.2. The van der Waals surface area contributed by atoms with E-state index in [1.807, 2.05) is 33.8 Å². The summed E-state index contributed by atoms with van der Waals surface area (Å²) in [5.74, 6) is 0.608. The van der Waals surface area contributed by atoms with Crippen molar-refractivity contribution < 1.29 is 17.4 Å². The first-order valence-electron chi connectivity index (χ1n) is 12.0. The van der Waals surface area contributed by atoms with Crippen molar-refractivity contribution in [1.82, 2.24) is 0 Å². The Morgan fingerprint density at radius 1 is 0.879 bits per heavy atom. The molecule has 0 bridgehead atoms. The second-order valence-electron chi connectivity index (χ2n) is 10.0. The molecule has 0 aliphatic heterocycles. The van der Waals surface area contributed by atoms with E-state index in [0.717, 1.165) is 30.4 Å². The van der Waals surface area contributed by atoms with Gasteiger partial charge >= 0.3 is 10.1 Å². The summed E-state index contributed by atoms with van der Waals surface area (Å²) < 4.78 is 29.1. The van der Waals surface area contributed by atoms with Gasteiger partial charge in [0.05, 0.1) is 5.75 Å². The van der Waals surface area contributed by atoms with Crippen LogP contribution in [0.3, 0.4) is 0 Å². The summed E-state index contributed by atoms with van der Waals surface area (Å²) in [7, 11) is -3.56. The molecule has 0 aromatic heterocycles. The number of carbonyl (C=O) groups excluding carboxylic acids is 1. The van der Waals surface area contributed by atoms with E-state index in [4.69, 9.17) is 4.18 Å². The third-order valence-electron chi connectivity index (χ3n) is 6.86. The number of aryl methyl sites for hydroxylation is 3. The van der Waals surface area contributed by atoms with Gasteiger partial charge in [-0.1, -0.05) is 65.0 Å². The van der Waals surface area contributed by atoms with Gasteiger partial charge in [0.25, 0.3) is 0 Å². The van der Waals surface area contributed by atoms with E-state index in [1.165, 1.54) is 16.7 Å². The van der Waals surface area contributed by atoms with E-state index in [2.05, 4.69) is 45.0 Å². The maximum absolute atomic E-state index is 12.4. The van der Waals surface area contributed by atoms with Gasteiger partial charge in [0, 0.05) is 17.3 Å². The van der Waals surface area contributed by atoms with E-state index in [9.17, 15) is 13.2 Å². The fourth-order valence-corrected chi connectivity index (χ4v) is 4.95. The molecule has 2 rings (SSSR count). The van der Waals surface area contributed by atoms with Gasteiger partial charge in [0.2, 0.25) is 0 Å². The van der Waals surface area contributed by atoms with Crippen molar-refractivity contribution in [3.05, 3.63) is 64.2 Å². The lowest BCUT2D eigenvalue weighted by atomic mass is 9.69. The molecule has 0 saturated heterocycles. The van der Waals surface area contributed by atoms with Gasteiger partial charge in [0.1, 0.15) is 11.5 Å². The van der Waals surface area contributed by atoms with Crippen LogP contribution in [-0.2, 0) is 26.7 Å². The Morgan fingerprint density at radius 2 is 1.42 bits per heavy atom. The predicted molar refractivity (Wildman–Crippen MR) is 137 cm³/mol. The molecule has 182 valence electrons. The largest absolute Gasteiger partial charge is 0.382 e. The first kappa shape index (κ1) is 27.1. The number of carbonyl (C=O) groups is 1. The van der Waals surface area contributed by atoms with E-state index in [1.54, 1.807) is 13.0 Å². The molecule has 0 spiro atoms. The van der Waals surface area contributed by atoms with Gasteiger partial charge < -0.3 is 4.18 Å². The highest BCUT2D eigenvalue weighted by molar-refractivity contribution is 7.87. The molecular formula is C28H40O4S. The molecule has 5 heteroatoms. The molecule has 0 saturated carbocycles. The van der Waals surface area contributed by atoms with Gasteiger partial charge in [-0.15, -0.1) is 0 Å². The topological polar surface area (TPSA) is 60.4 Å². The van der Waals surface area contributed by atoms with Crippen molar-refractivity contribution in [3.8, 4) is 5.75 Å². The second kappa shape index (κ2) is 10.4. The summed E-state index contributed by atoms with van der Waals surface area (Å²) >= 11 is 0. The van der Waals surface area contributed by atoms with Crippen molar-refractivity contribution in [2.24, 2.45) is 5.41 Å². The molecule has 0 fully saturated rings. The van der Waals surface area contributed by atoms with Crippen LogP contribution in [0, 0.1) is 19.3 Å². The van der Waals surface area contributed by atoms with E-state index in [-0.39, 0.29) is 22.4 Å². The Bertz CT molecular complexity index is 1090. The first-order chi connectivity index (χ1) is 15.3. The molecule has 2 aromatic rings. The maximum Gasteiger partial charge on any atom is 0.308 e. The summed E-state index contributed by atoms with van der Waals surface area (Å²) in [6.45, 7) is 15.9. The summed E-state index contributed by atoms with van der Waals surface area (Å²) in [5.41, 5.74) is 5.12. The summed E-state index contributed by atoms with van der Waals surface area (Å²) in [6, 6.07) is 12.4. The molecule has 2 aromatic carbocycles. The van der Waals surface area contributed by atoms with Crippen molar-refractivity contribution in [3.63, 3.8) is 0 Å². The Kier molecular flexibility index (Phi) is 8.56. The van der Waals surface area contributed by atoms with Crippen LogP contribution < -0.4 is 4.18 Å². The second-order valence-corrected chi connectivity index (χ2v) is 11.9. The minimum absolute atomic E-state index is 0.0605. The van der Waals surface area contributed by atoms with Crippen LogP contribution in [-0.4, -0.2) is 20.0 Å². The third kappa shape index (κ3) is 6.26. The van der Waals surface area contributed by atoms with E-state index in [0.29, 0.717) is 12.2 Å². The Labute approximate surface area is 200 Å². The highest BCUT2D eigenvalue weighted by Crippen LogP contribution is 2.41. The first-order valence-corrected chi connectivity index (χ1v) is 13.5. The van der Waals surface area contributed by atoms with Gasteiger partial charge in [0.15, 0.2) is 0 Å². The zero-order chi connectivity index (χ0) is 25.0. The van der Waals surface area contributed by atoms with Crippen LogP contribution in [0.4, 0.5) is 0 Å². The molecule has 0 unspecified atom stereocenters. The molecule has 0 N–H and O–H groups in total. The number of Topliss-reactive ketones (excluding diaryl/α,β-unsaturated/α-hetero) is 1. The Morgan fingerprint density at radius 3 is 1.88 bits per heavy atom. The fraction of sp³-hybridized carbons (Fsp3) is 0.536. The van der Waals surface area contributed by atoms with E-state index >= 15 is 0 Å². The van der Waals surface area contributed by atoms with Crippen LogP contribution in [0.5, 0.6) is 5.75 Å². The number of rotatable bonds is 10. The molecule has 33 heavy (non-hydrogen) atoms. The summed E-state index contributed by atoms with van der Waals surface area (Å²) in [5, 5.41) is 0. The summed E-state index contributed by atoms with van der Waals surface area (Å²) in [4.78, 5) is 12.4. The predicted octanol–water partition coefficient (Wildman–Crippen LogP) is 6.69. The third-order valence-corrected chi connectivity index (χ3v) is 8.00. The van der Waals surface area contributed by atoms with Crippen molar-refractivity contribution in [2.45, 2.75) is 86.5 Å². The van der Waals surface area contributed by atoms with Crippen LogP contribution in [0.2, 0.25) is 0 Å². The molecule has 0 amide bonds. The lowest BCUT2D eigenvalue weighted by Crippen LogP contribution is -2.26. The number of ketones is 1. The van der Waals surface area contributed by atoms with Crippen LogP contribution in [0.1, 0.15) is 88.6 Å². The Balaban J connectivity index is 2.40. The quantitative estimate of drug-likeness (QED) is 0.362. The molecule has 0 radical (unpaired) electrons. The standard InChI is InChI=1S/C28H40O4S/c1-9-28(10-2,24-15-16-25(21(5)19-24)32-33(30,31)11-3)23-14-12-22(20(4)18-23)13-17-26(29)27(6,7)8/h12,14-16,18-19H,9-11,13,17H2,1-8H3. The van der Waals surface area contributed by atoms with Crippen molar-refractivity contribution >= 4 is 15.9 Å². The monoisotopic (exact) mass is 472 g/mol. The molecule has 0 heterocycles. The lowest BCUT2D eigenvalue weighted by Gasteiger charge is -2.34. The van der Waals surface area contributed by atoms with Crippen LogP contribution in [0.25, 0.3) is 0 Å². The van der Waals surface area contributed by atoms with Crippen molar-refractivity contribution in [2.75, 3.05) is 5.75 Å². The lowest BCUT2D eigenvalue weighted by molar-refractivity contribution is -0.126. The normalized spacial score (nSPS) is 12.6. The highest BCUT2D eigenvalue weighted by Gasteiger charge is 2.32. The maximum atomic E-state index is 12.4. The molecule has 4 nitrogen and oxygen atoms in total. The van der Waals surface area contributed by atoms with E-state index < -0.39 is 10.1 Å². The number of hydrogen-bond donors (Lipinski definition) is 0. The Hall–Kier alpha value is -2.14. The van der Waals surface area contributed by atoms with Gasteiger partial charge in [-0.3, -0.25) is 4.79 Å². The minimum Gasteiger partial charge on any atom is -0.382 e. The fourth-order valence-electron chi connectivity index (χ4n) is 4.37. The minimum atomic E-state index is -3.56. The van der Waals surface area contributed by atoms with Crippen molar-refractivity contribution in [1.29, 1.82) is 0 Å². The zero-order valence-electron chi connectivity index (χ0n) is 21.5. The smallest absolute Gasteiger partial charge is 0.308 e. The zero-order valence-corrected chi connectivity index (χ0v) is 22.4. The number of hydrogen-bond acceptors (Lipinski definition) is 4. The summed E-state index contributed by atoms with van der Waals surface area (Å²) in [6.07, 6.45) is 3.14. The van der Waals surface area contributed by atoms with Gasteiger partial charge in [-0.2, -0.15) is 8.42 Å². The molecule has 0 aliphatic rings. The average Bonchev–Trinajstić information content (AvgIpc) is 2.75. The molecule has 0 aliphatic carbocycles. The number of benzene rings is 2. The van der Waals surface area contributed by atoms with Gasteiger partial charge in [-0.05, 0) is 73.9 Å². The molecule has 0 atom stereocenters. The average molecular weight is 473 g/mol. The van der Waals surface area contributed by atoms with Crippen LogP contribution in [0.15, 0.2) is 36.4 Å². The SMILES string of the molecule is CCC(CC)(c1ccc(CCC(=O)C(C)(C)C)c(C)c1)c1ccc(OS(=O)(=O)CC)c(C)c1.